The molecule has 1 aliphatic rings. The summed E-state index contributed by atoms with van der Waals surface area (Å²) < 4.78 is 1.04. The normalized spacial score (nSPS) is 14.5. The van der Waals surface area contributed by atoms with Crippen molar-refractivity contribution < 1.29 is 4.79 Å². The minimum atomic E-state index is 0.0123. The van der Waals surface area contributed by atoms with E-state index in [0.29, 0.717) is 11.4 Å². The molecular formula is C16H14BrClN2O. The van der Waals surface area contributed by atoms with Crippen LogP contribution in [0, 0.1) is 0 Å². The predicted molar refractivity (Wildman–Crippen MR) is 90.0 cm³/mol. The lowest BCUT2D eigenvalue weighted by Crippen LogP contribution is -2.07. The molecule has 21 heavy (non-hydrogen) atoms. The lowest BCUT2D eigenvalue weighted by molar-refractivity contribution is -0.115. The van der Waals surface area contributed by atoms with Gasteiger partial charge in [-0.2, -0.15) is 0 Å². The summed E-state index contributed by atoms with van der Waals surface area (Å²) in [6, 6.07) is 12.0. The van der Waals surface area contributed by atoms with E-state index in [9.17, 15) is 4.79 Å². The number of amides is 1. The van der Waals surface area contributed by atoms with Gasteiger partial charge in [-0.3, -0.25) is 4.79 Å². The standard InChI is InChI=1S/C16H14BrClN2O/c1-9(10-3-2-4-12(17)5-10)19-15-6-11-7-16(21)20-14(11)8-13(15)18/h2-6,8-9,19H,7H2,1H3,(H,20,21). The molecule has 1 heterocycles. The summed E-state index contributed by atoms with van der Waals surface area (Å²) in [6.07, 6.45) is 0.409. The van der Waals surface area contributed by atoms with Gasteiger partial charge in [0.2, 0.25) is 5.91 Å². The Hall–Kier alpha value is -1.52. The maximum atomic E-state index is 11.4. The number of hydrogen-bond donors (Lipinski definition) is 2. The van der Waals surface area contributed by atoms with Crippen LogP contribution in [-0.2, 0) is 11.2 Å². The highest BCUT2D eigenvalue weighted by molar-refractivity contribution is 9.10. The van der Waals surface area contributed by atoms with E-state index in [0.717, 1.165) is 27.0 Å². The molecule has 2 N–H and O–H groups in total. The number of benzene rings is 2. The predicted octanol–water partition coefficient (Wildman–Crippen LogP) is 4.77. The maximum Gasteiger partial charge on any atom is 0.228 e. The molecule has 0 saturated carbocycles. The summed E-state index contributed by atoms with van der Waals surface area (Å²) in [4.78, 5) is 11.4. The molecule has 108 valence electrons. The van der Waals surface area contributed by atoms with Crippen LogP contribution in [0.1, 0.15) is 24.1 Å². The second-order valence-corrected chi connectivity index (χ2v) is 6.46. The van der Waals surface area contributed by atoms with E-state index >= 15 is 0 Å². The van der Waals surface area contributed by atoms with Gasteiger partial charge in [-0.15, -0.1) is 0 Å². The summed E-state index contributed by atoms with van der Waals surface area (Å²) in [5.41, 5.74) is 3.80. The quantitative estimate of drug-likeness (QED) is 0.822. The van der Waals surface area contributed by atoms with Crippen molar-refractivity contribution in [3.63, 3.8) is 0 Å². The third-order valence-corrected chi connectivity index (χ3v) is 4.34. The molecule has 0 aromatic heterocycles. The fourth-order valence-electron chi connectivity index (χ4n) is 2.45. The Bertz CT molecular complexity index is 717. The minimum absolute atomic E-state index is 0.0123. The Morgan fingerprint density at radius 1 is 1.33 bits per heavy atom. The topological polar surface area (TPSA) is 41.1 Å². The molecule has 0 radical (unpaired) electrons. The molecule has 2 aromatic carbocycles. The number of anilines is 2. The van der Waals surface area contributed by atoms with Crippen LogP contribution in [-0.4, -0.2) is 5.91 Å². The van der Waals surface area contributed by atoms with Gasteiger partial charge in [0.05, 0.1) is 17.1 Å². The van der Waals surface area contributed by atoms with Crippen LogP contribution in [0.15, 0.2) is 40.9 Å². The first-order chi connectivity index (χ1) is 10.0. The van der Waals surface area contributed by atoms with E-state index in [1.165, 1.54) is 0 Å². The molecule has 0 aliphatic carbocycles. The smallest absolute Gasteiger partial charge is 0.228 e. The van der Waals surface area contributed by atoms with Gasteiger partial charge in [0, 0.05) is 16.2 Å². The highest BCUT2D eigenvalue weighted by Gasteiger charge is 2.20. The minimum Gasteiger partial charge on any atom is -0.377 e. The summed E-state index contributed by atoms with van der Waals surface area (Å²) in [6.45, 7) is 2.08. The van der Waals surface area contributed by atoms with Crippen LogP contribution in [0.4, 0.5) is 11.4 Å². The fourth-order valence-corrected chi connectivity index (χ4v) is 3.09. The number of hydrogen-bond acceptors (Lipinski definition) is 2. The summed E-state index contributed by atoms with van der Waals surface area (Å²) in [5, 5.41) is 6.82. The second-order valence-electron chi connectivity index (χ2n) is 5.14. The summed E-state index contributed by atoms with van der Waals surface area (Å²) >= 11 is 9.77. The molecule has 0 saturated heterocycles. The molecule has 2 aromatic rings. The van der Waals surface area contributed by atoms with Crippen LogP contribution in [0.5, 0.6) is 0 Å². The van der Waals surface area contributed by atoms with Crippen LogP contribution in [0.25, 0.3) is 0 Å². The third kappa shape index (κ3) is 3.06. The molecule has 1 atom stereocenters. The van der Waals surface area contributed by atoms with Crippen molar-refractivity contribution in [1.29, 1.82) is 0 Å². The van der Waals surface area contributed by atoms with E-state index in [4.69, 9.17) is 11.6 Å². The van der Waals surface area contributed by atoms with Gasteiger partial charge >= 0.3 is 0 Å². The molecule has 3 rings (SSSR count). The Kier molecular flexibility index (Phi) is 3.91. The van der Waals surface area contributed by atoms with E-state index in [1.54, 1.807) is 6.07 Å². The molecule has 3 nitrogen and oxygen atoms in total. The average Bonchev–Trinajstić information content (AvgIpc) is 2.78. The van der Waals surface area contributed by atoms with Crippen molar-refractivity contribution in [2.75, 3.05) is 10.6 Å². The third-order valence-electron chi connectivity index (χ3n) is 3.54. The van der Waals surface area contributed by atoms with Gasteiger partial charge in [-0.05, 0) is 42.3 Å². The summed E-state index contributed by atoms with van der Waals surface area (Å²) in [7, 11) is 0. The SMILES string of the molecule is CC(Nc1cc2c(cc1Cl)NC(=O)C2)c1cccc(Br)c1. The van der Waals surface area contributed by atoms with Gasteiger partial charge in [0.25, 0.3) is 0 Å². The number of rotatable bonds is 3. The molecule has 1 amide bonds. The van der Waals surface area contributed by atoms with Crippen molar-refractivity contribution in [3.05, 3.63) is 57.0 Å². The van der Waals surface area contributed by atoms with Crippen LogP contribution in [0.3, 0.4) is 0 Å². The number of nitrogens with one attached hydrogen (secondary N) is 2. The van der Waals surface area contributed by atoms with Gasteiger partial charge in [0.15, 0.2) is 0 Å². The van der Waals surface area contributed by atoms with Gasteiger partial charge in [-0.25, -0.2) is 0 Å². The van der Waals surface area contributed by atoms with E-state index in [1.807, 2.05) is 18.2 Å². The number of carbonyl (C=O) groups is 1. The lowest BCUT2D eigenvalue weighted by atomic mass is 10.1. The molecule has 1 aliphatic heterocycles. The zero-order valence-electron chi connectivity index (χ0n) is 11.4. The Morgan fingerprint density at radius 3 is 2.90 bits per heavy atom. The monoisotopic (exact) mass is 364 g/mol. The number of carbonyl (C=O) groups excluding carboxylic acids is 1. The highest BCUT2D eigenvalue weighted by Crippen LogP contribution is 2.34. The highest BCUT2D eigenvalue weighted by atomic mass is 79.9. The molecular weight excluding hydrogens is 352 g/mol. The van der Waals surface area contributed by atoms with Crippen LogP contribution in [0.2, 0.25) is 5.02 Å². The molecule has 1 unspecified atom stereocenters. The molecule has 0 bridgehead atoms. The van der Waals surface area contributed by atoms with Crippen molar-refractivity contribution in [1.82, 2.24) is 0 Å². The van der Waals surface area contributed by atoms with Crippen LogP contribution < -0.4 is 10.6 Å². The maximum absolute atomic E-state index is 11.4. The average molecular weight is 366 g/mol. The Balaban J connectivity index is 1.85. The van der Waals surface area contributed by atoms with Crippen molar-refractivity contribution in [3.8, 4) is 0 Å². The first-order valence-corrected chi connectivity index (χ1v) is 7.84. The second kappa shape index (κ2) is 5.70. The first-order valence-electron chi connectivity index (χ1n) is 6.67. The van der Waals surface area contributed by atoms with Crippen molar-refractivity contribution in [2.24, 2.45) is 0 Å². The van der Waals surface area contributed by atoms with Gasteiger partial charge < -0.3 is 10.6 Å². The van der Waals surface area contributed by atoms with Crippen LogP contribution >= 0.6 is 27.5 Å². The first kappa shape index (κ1) is 14.4. The lowest BCUT2D eigenvalue weighted by Gasteiger charge is -2.18. The molecule has 5 heteroatoms. The van der Waals surface area contributed by atoms with Gasteiger partial charge in [-0.1, -0.05) is 39.7 Å². The van der Waals surface area contributed by atoms with E-state index in [-0.39, 0.29) is 11.9 Å². The molecule has 0 spiro atoms. The van der Waals surface area contributed by atoms with E-state index in [2.05, 4.69) is 45.6 Å². The van der Waals surface area contributed by atoms with Gasteiger partial charge in [0.1, 0.15) is 0 Å². The number of halogens is 2. The fraction of sp³-hybridized carbons (Fsp3) is 0.188. The Labute approximate surface area is 136 Å². The molecule has 0 fully saturated rings. The number of fused-ring (bicyclic) bond motifs is 1. The zero-order chi connectivity index (χ0) is 15.0. The summed E-state index contributed by atoms with van der Waals surface area (Å²) in [5.74, 6) is 0.0123. The Morgan fingerprint density at radius 2 is 2.14 bits per heavy atom. The zero-order valence-corrected chi connectivity index (χ0v) is 13.8. The van der Waals surface area contributed by atoms with E-state index < -0.39 is 0 Å². The van der Waals surface area contributed by atoms with Crippen molar-refractivity contribution >= 4 is 44.8 Å². The largest absolute Gasteiger partial charge is 0.377 e. The van der Waals surface area contributed by atoms with Crippen molar-refractivity contribution in [2.45, 2.75) is 19.4 Å².